The predicted octanol–water partition coefficient (Wildman–Crippen LogP) is 1.25. The molecule has 1 aromatic carbocycles. The van der Waals surface area contributed by atoms with Crippen molar-refractivity contribution in [1.82, 2.24) is 9.80 Å². The quantitative estimate of drug-likeness (QED) is 0.890. The van der Waals surface area contributed by atoms with Crippen LogP contribution in [0.15, 0.2) is 18.2 Å². The van der Waals surface area contributed by atoms with E-state index in [2.05, 4.69) is 0 Å². The summed E-state index contributed by atoms with van der Waals surface area (Å²) in [4.78, 5) is 26.9. The van der Waals surface area contributed by atoms with Crippen molar-refractivity contribution in [3.8, 4) is 5.75 Å². The van der Waals surface area contributed by atoms with Crippen LogP contribution in [-0.4, -0.2) is 53.9 Å². The van der Waals surface area contributed by atoms with Gasteiger partial charge in [-0.15, -0.1) is 0 Å². The van der Waals surface area contributed by atoms with E-state index in [1.54, 1.807) is 33.2 Å². The van der Waals surface area contributed by atoms with Gasteiger partial charge in [-0.2, -0.15) is 0 Å². The minimum absolute atomic E-state index is 0.0391. The lowest BCUT2D eigenvalue weighted by Crippen LogP contribution is -2.40. The molecule has 0 aromatic heterocycles. The Morgan fingerprint density at radius 1 is 1.26 bits per heavy atom. The average Bonchev–Trinajstić information content (AvgIpc) is 2.38. The van der Waals surface area contributed by atoms with Crippen LogP contribution < -0.4 is 0 Å². The van der Waals surface area contributed by atoms with Crippen molar-refractivity contribution in [3.05, 3.63) is 29.3 Å². The molecule has 0 saturated heterocycles. The molecule has 0 aliphatic carbocycles. The first kappa shape index (κ1) is 15.0. The second-order valence-corrected chi connectivity index (χ2v) is 4.56. The topological polar surface area (TPSA) is 60.9 Å². The van der Waals surface area contributed by atoms with Gasteiger partial charge in [0.15, 0.2) is 0 Å². The second kappa shape index (κ2) is 6.22. The van der Waals surface area contributed by atoms with E-state index in [0.29, 0.717) is 17.7 Å². The Hall–Kier alpha value is -2.04. The molecule has 1 rings (SSSR count). The summed E-state index contributed by atoms with van der Waals surface area (Å²) in [5.74, 6) is -0.292. The van der Waals surface area contributed by atoms with Crippen LogP contribution in [0.25, 0.3) is 0 Å². The maximum atomic E-state index is 12.4. The van der Waals surface area contributed by atoms with Gasteiger partial charge < -0.3 is 14.9 Å². The van der Waals surface area contributed by atoms with Gasteiger partial charge in [0, 0.05) is 31.8 Å². The van der Waals surface area contributed by atoms with Crippen LogP contribution in [0.3, 0.4) is 0 Å². The third-order valence-electron chi connectivity index (χ3n) is 3.03. The lowest BCUT2D eigenvalue weighted by atomic mass is 10.1. The lowest BCUT2D eigenvalue weighted by Gasteiger charge is -2.23. The molecule has 0 radical (unpaired) electrons. The van der Waals surface area contributed by atoms with Gasteiger partial charge in [0.05, 0.1) is 6.54 Å². The number of rotatable bonds is 4. The highest BCUT2D eigenvalue weighted by Crippen LogP contribution is 2.20. The number of amides is 2. The van der Waals surface area contributed by atoms with E-state index < -0.39 is 0 Å². The van der Waals surface area contributed by atoms with Crippen LogP contribution in [0.4, 0.5) is 0 Å². The first-order valence-electron chi connectivity index (χ1n) is 6.16. The number of phenols is 1. The normalized spacial score (nSPS) is 10.1. The fourth-order valence-corrected chi connectivity index (χ4v) is 1.66. The predicted molar refractivity (Wildman–Crippen MR) is 73.1 cm³/mol. The van der Waals surface area contributed by atoms with E-state index >= 15 is 0 Å². The van der Waals surface area contributed by atoms with Gasteiger partial charge in [-0.05, 0) is 26.0 Å². The molecule has 1 aromatic rings. The highest BCUT2D eigenvalue weighted by atomic mass is 16.3. The number of benzene rings is 1. The van der Waals surface area contributed by atoms with Crippen LogP contribution in [0.1, 0.15) is 22.8 Å². The van der Waals surface area contributed by atoms with Crippen LogP contribution >= 0.6 is 0 Å². The van der Waals surface area contributed by atoms with Gasteiger partial charge in [0.2, 0.25) is 5.91 Å². The third kappa shape index (κ3) is 3.47. The molecule has 0 bridgehead atoms. The van der Waals surface area contributed by atoms with Crippen molar-refractivity contribution >= 4 is 11.8 Å². The van der Waals surface area contributed by atoms with Gasteiger partial charge in [0.1, 0.15) is 5.75 Å². The van der Waals surface area contributed by atoms with Gasteiger partial charge in [-0.3, -0.25) is 9.59 Å². The summed E-state index contributed by atoms with van der Waals surface area (Å²) in [5, 5.41) is 9.63. The zero-order chi connectivity index (χ0) is 14.6. The molecular formula is C14H20N2O3. The SMILES string of the molecule is CCN(CC(=O)N(C)C)C(=O)c1cccc(O)c1C. The number of phenolic OH excluding ortho intramolecular Hbond substituents is 1. The van der Waals surface area contributed by atoms with E-state index in [1.165, 1.54) is 15.9 Å². The molecule has 0 aliphatic heterocycles. The molecule has 0 heterocycles. The molecule has 0 unspecified atom stereocenters. The lowest BCUT2D eigenvalue weighted by molar-refractivity contribution is -0.129. The minimum Gasteiger partial charge on any atom is -0.508 e. The number of nitrogens with zero attached hydrogens (tertiary/aromatic N) is 2. The Morgan fingerprint density at radius 3 is 2.42 bits per heavy atom. The number of carbonyl (C=O) groups excluding carboxylic acids is 2. The van der Waals surface area contributed by atoms with Crippen LogP contribution in [-0.2, 0) is 4.79 Å². The molecule has 104 valence electrons. The maximum absolute atomic E-state index is 12.4. The molecule has 0 fully saturated rings. The molecule has 19 heavy (non-hydrogen) atoms. The van der Waals surface area contributed by atoms with E-state index in [0.717, 1.165) is 0 Å². The summed E-state index contributed by atoms with van der Waals surface area (Å²) in [6, 6.07) is 4.81. The summed E-state index contributed by atoms with van der Waals surface area (Å²) >= 11 is 0. The molecular weight excluding hydrogens is 244 g/mol. The fourth-order valence-electron chi connectivity index (χ4n) is 1.66. The summed E-state index contributed by atoms with van der Waals surface area (Å²) in [6.45, 7) is 3.98. The molecule has 0 saturated carbocycles. The van der Waals surface area contributed by atoms with E-state index in [4.69, 9.17) is 0 Å². The Morgan fingerprint density at radius 2 is 1.89 bits per heavy atom. The number of aromatic hydroxyl groups is 1. The molecule has 0 atom stereocenters. The summed E-state index contributed by atoms with van der Waals surface area (Å²) in [6.07, 6.45) is 0. The monoisotopic (exact) mass is 264 g/mol. The van der Waals surface area contributed by atoms with Gasteiger partial charge in [-0.1, -0.05) is 6.07 Å². The number of hydrogen-bond acceptors (Lipinski definition) is 3. The van der Waals surface area contributed by atoms with Crippen molar-refractivity contribution in [2.24, 2.45) is 0 Å². The highest BCUT2D eigenvalue weighted by Gasteiger charge is 2.20. The summed E-state index contributed by atoms with van der Waals surface area (Å²) < 4.78 is 0. The number of likely N-dealkylation sites (N-methyl/N-ethyl adjacent to an activating group) is 2. The Bertz CT molecular complexity index is 484. The zero-order valence-electron chi connectivity index (χ0n) is 11.8. The molecule has 2 amide bonds. The van der Waals surface area contributed by atoms with Crippen molar-refractivity contribution in [3.63, 3.8) is 0 Å². The standard InChI is InChI=1S/C14H20N2O3/c1-5-16(9-13(18)15(3)4)14(19)11-7-6-8-12(17)10(11)2/h6-8,17H,5,9H2,1-4H3. The smallest absolute Gasteiger partial charge is 0.254 e. The molecule has 1 N–H and O–H groups in total. The second-order valence-electron chi connectivity index (χ2n) is 4.56. The Balaban J connectivity index is 2.96. The first-order chi connectivity index (χ1) is 8.88. The van der Waals surface area contributed by atoms with E-state index in [1.807, 2.05) is 6.92 Å². The van der Waals surface area contributed by atoms with Crippen molar-refractivity contribution in [2.45, 2.75) is 13.8 Å². The largest absolute Gasteiger partial charge is 0.508 e. The van der Waals surface area contributed by atoms with Gasteiger partial charge in [0.25, 0.3) is 5.91 Å². The van der Waals surface area contributed by atoms with Crippen LogP contribution in [0, 0.1) is 6.92 Å². The van der Waals surface area contributed by atoms with E-state index in [-0.39, 0.29) is 24.1 Å². The van der Waals surface area contributed by atoms with Crippen molar-refractivity contribution in [1.29, 1.82) is 0 Å². The van der Waals surface area contributed by atoms with Crippen LogP contribution in [0.5, 0.6) is 5.75 Å². The minimum atomic E-state index is -0.244. The van der Waals surface area contributed by atoms with Gasteiger partial charge >= 0.3 is 0 Å². The summed E-state index contributed by atoms with van der Waals surface area (Å²) in [5.41, 5.74) is 0.955. The highest BCUT2D eigenvalue weighted by molar-refractivity contribution is 5.98. The van der Waals surface area contributed by atoms with Crippen molar-refractivity contribution < 1.29 is 14.7 Å². The molecule has 5 nitrogen and oxygen atoms in total. The Labute approximate surface area is 113 Å². The number of hydrogen-bond donors (Lipinski definition) is 1. The van der Waals surface area contributed by atoms with Crippen molar-refractivity contribution in [2.75, 3.05) is 27.2 Å². The molecule has 0 spiro atoms. The first-order valence-corrected chi connectivity index (χ1v) is 6.16. The molecule has 0 aliphatic rings. The Kier molecular flexibility index (Phi) is 4.92. The van der Waals surface area contributed by atoms with Gasteiger partial charge in [-0.25, -0.2) is 0 Å². The average molecular weight is 264 g/mol. The third-order valence-corrected chi connectivity index (χ3v) is 3.03. The molecule has 5 heteroatoms. The fraction of sp³-hybridized carbons (Fsp3) is 0.429. The zero-order valence-corrected chi connectivity index (χ0v) is 11.8. The van der Waals surface area contributed by atoms with Crippen LogP contribution in [0.2, 0.25) is 0 Å². The van der Waals surface area contributed by atoms with E-state index in [9.17, 15) is 14.7 Å². The maximum Gasteiger partial charge on any atom is 0.254 e. The summed E-state index contributed by atoms with van der Waals surface area (Å²) in [7, 11) is 3.31. The number of carbonyl (C=O) groups is 2.